The molecular weight excluding hydrogens is 326 g/mol. The number of phenols is 1. The molecule has 0 bridgehead atoms. The summed E-state index contributed by atoms with van der Waals surface area (Å²) in [6.45, 7) is 1.87. The van der Waals surface area contributed by atoms with Crippen LogP contribution < -0.4 is 5.43 Å². The van der Waals surface area contributed by atoms with E-state index in [1.165, 1.54) is 0 Å². The van der Waals surface area contributed by atoms with Crippen molar-refractivity contribution < 1.29 is 5.11 Å². The number of benzene rings is 2. The first-order valence-corrected chi connectivity index (χ1v) is 8.07. The second-order valence-electron chi connectivity index (χ2n) is 5.89. The maximum absolute atomic E-state index is 9.83. The van der Waals surface area contributed by atoms with Crippen molar-refractivity contribution in [1.82, 2.24) is 9.38 Å². The molecule has 4 rings (SSSR count). The van der Waals surface area contributed by atoms with E-state index in [1.807, 2.05) is 47.7 Å². The predicted molar refractivity (Wildman–Crippen MR) is 101 cm³/mol. The summed E-state index contributed by atoms with van der Waals surface area (Å²) in [7, 11) is 0. The number of hydrazone groups is 1. The fourth-order valence-corrected chi connectivity index (χ4v) is 2.94. The van der Waals surface area contributed by atoms with Crippen molar-refractivity contribution >= 4 is 28.7 Å². The number of aromatic nitrogens is 2. The lowest BCUT2D eigenvalue weighted by molar-refractivity contribution is 0.474. The zero-order valence-electron chi connectivity index (χ0n) is 14.0. The van der Waals surface area contributed by atoms with Crippen LogP contribution in [0.3, 0.4) is 0 Å². The number of phenolic OH excluding ortho intramolecular Hbond substituents is 1. The Balaban J connectivity index is 1.85. The van der Waals surface area contributed by atoms with E-state index < -0.39 is 0 Å². The number of anilines is 1. The van der Waals surface area contributed by atoms with Crippen LogP contribution in [0.15, 0.2) is 59.7 Å². The zero-order chi connectivity index (χ0) is 18.1. The highest BCUT2D eigenvalue weighted by atomic mass is 16.3. The molecule has 0 unspecified atom stereocenters. The number of nitrogens with one attached hydrogen (secondary N) is 1. The van der Waals surface area contributed by atoms with Crippen LogP contribution in [0, 0.1) is 18.3 Å². The summed E-state index contributed by atoms with van der Waals surface area (Å²) >= 11 is 0. The highest BCUT2D eigenvalue weighted by molar-refractivity contribution is 5.86. The van der Waals surface area contributed by atoms with Gasteiger partial charge in [-0.2, -0.15) is 10.4 Å². The summed E-state index contributed by atoms with van der Waals surface area (Å²) in [5.41, 5.74) is 7.26. The summed E-state index contributed by atoms with van der Waals surface area (Å²) < 4.78 is 1.88. The fraction of sp³-hybridized carbons (Fsp3) is 0.0500. The molecule has 2 N–H and O–H groups in total. The lowest BCUT2D eigenvalue weighted by atomic mass is 10.1. The molecule has 2 aromatic heterocycles. The summed E-state index contributed by atoms with van der Waals surface area (Å²) in [6.07, 6.45) is 1.55. The highest BCUT2D eigenvalue weighted by Gasteiger charge is 2.14. The number of nitrogens with zero attached hydrogens (tertiary/aromatic N) is 4. The molecule has 0 radical (unpaired) electrons. The monoisotopic (exact) mass is 341 g/mol. The van der Waals surface area contributed by atoms with E-state index in [0.29, 0.717) is 22.6 Å². The molecule has 4 aromatic rings. The number of para-hydroxylation sites is 3. The quantitative estimate of drug-likeness (QED) is 0.438. The van der Waals surface area contributed by atoms with Gasteiger partial charge in [0.1, 0.15) is 17.6 Å². The van der Waals surface area contributed by atoms with Crippen LogP contribution in [-0.2, 0) is 0 Å². The van der Waals surface area contributed by atoms with Crippen molar-refractivity contribution in [2.75, 3.05) is 5.43 Å². The van der Waals surface area contributed by atoms with Gasteiger partial charge in [-0.05, 0) is 42.8 Å². The molecule has 0 amide bonds. The van der Waals surface area contributed by atoms with Crippen LogP contribution in [-0.4, -0.2) is 20.7 Å². The number of pyridine rings is 1. The van der Waals surface area contributed by atoms with Gasteiger partial charge in [0.2, 0.25) is 0 Å². The number of hydrogen-bond donors (Lipinski definition) is 2. The Kier molecular flexibility index (Phi) is 3.75. The van der Waals surface area contributed by atoms with Gasteiger partial charge >= 0.3 is 0 Å². The van der Waals surface area contributed by atoms with Crippen molar-refractivity contribution in [3.63, 3.8) is 0 Å². The first kappa shape index (κ1) is 15.7. The van der Waals surface area contributed by atoms with Crippen molar-refractivity contribution in [2.45, 2.75) is 6.92 Å². The molecule has 0 aliphatic heterocycles. The van der Waals surface area contributed by atoms with E-state index in [9.17, 15) is 10.4 Å². The highest BCUT2D eigenvalue weighted by Crippen LogP contribution is 2.26. The average molecular weight is 341 g/mol. The van der Waals surface area contributed by atoms with Crippen LogP contribution in [0.4, 0.5) is 5.82 Å². The molecule has 2 aromatic carbocycles. The second kappa shape index (κ2) is 6.22. The first-order chi connectivity index (χ1) is 12.7. The van der Waals surface area contributed by atoms with Crippen molar-refractivity contribution in [2.24, 2.45) is 5.10 Å². The third-order valence-corrected chi connectivity index (χ3v) is 4.20. The fourth-order valence-electron chi connectivity index (χ4n) is 2.94. The Morgan fingerprint density at radius 1 is 1.19 bits per heavy atom. The normalized spacial score (nSPS) is 11.2. The molecule has 0 saturated carbocycles. The van der Waals surface area contributed by atoms with Crippen molar-refractivity contribution in [3.05, 3.63) is 71.3 Å². The predicted octanol–water partition coefficient (Wildman–Crippen LogP) is 3.82. The van der Waals surface area contributed by atoms with E-state index in [2.05, 4.69) is 21.6 Å². The number of aromatic hydroxyl groups is 1. The number of fused-ring (bicyclic) bond motifs is 3. The number of nitriles is 1. The largest absolute Gasteiger partial charge is 0.507 e. The third kappa shape index (κ3) is 2.52. The minimum Gasteiger partial charge on any atom is -0.507 e. The topological polar surface area (TPSA) is 85.7 Å². The lowest BCUT2D eigenvalue weighted by Gasteiger charge is -2.09. The smallest absolute Gasteiger partial charge is 0.157 e. The molecule has 0 saturated heterocycles. The standard InChI is InChI=1S/C20H15N5O/c1-13-10-19(24-22-12-14-6-2-5-9-18(14)26)25-17-8-4-3-7-16(17)23-20(25)15(13)11-21/h2-10,12,24,26H,1H3. The Morgan fingerprint density at radius 2 is 1.96 bits per heavy atom. The Morgan fingerprint density at radius 3 is 2.77 bits per heavy atom. The molecule has 0 spiro atoms. The molecule has 0 aliphatic carbocycles. The molecule has 2 heterocycles. The molecule has 0 atom stereocenters. The maximum atomic E-state index is 9.83. The molecule has 6 heteroatoms. The van der Waals surface area contributed by atoms with Gasteiger partial charge in [-0.15, -0.1) is 0 Å². The third-order valence-electron chi connectivity index (χ3n) is 4.20. The minimum absolute atomic E-state index is 0.160. The number of rotatable bonds is 3. The van der Waals surface area contributed by atoms with Gasteiger partial charge in [0.25, 0.3) is 0 Å². The average Bonchev–Trinajstić information content (AvgIpc) is 3.03. The second-order valence-corrected chi connectivity index (χ2v) is 5.89. The molecule has 26 heavy (non-hydrogen) atoms. The van der Waals surface area contributed by atoms with Gasteiger partial charge in [-0.1, -0.05) is 24.3 Å². The van der Waals surface area contributed by atoms with E-state index in [-0.39, 0.29) is 5.75 Å². The number of hydrogen-bond acceptors (Lipinski definition) is 5. The number of aryl methyl sites for hydroxylation is 1. The number of imidazole rings is 1. The van der Waals surface area contributed by atoms with Crippen molar-refractivity contribution in [3.8, 4) is 11.8 Å². The molecule has 0 fully saturated rings. The summed E-state index contributed by atoms with van der Waals surface area (Å²) in [5.74, 6) is 0.851. The summed E-state index contributed by atoms with van der Waals surface area (Å²) in [6, 6.07) is 18.8. The summed E-state index contributed by atoms with van der Waals surface area (Å²) in [5, 5.41) is 23.6. The Hall–Kier alpha value is -3.85. The first-order valence-electron chi connectivity index (χ1n) is 8.07. The Labute approximate surface area is 149 Å². The van der Waals surface area contributed by atoms with E-state index in [0.717, 1.165) is 16.6 Å². The van der Waals surface area contributed by atoms with Gasteiger partial charge in [-0.3, -0.25) is 9.83 Å². The SMILES string of the molecule is Cc1cc(NN=Cc2ccccc2O)n2c(nc3ccccc32)c1C#N. The van der Waals surface area contributed by atoms with E-state index in [4.69, 9.17) is 0 Å². The minimum atomic E-state index is 0.160. The molecule has 126 valence electrons. The van der Waals surface area contributed by atoms with Crippen molar-refractivity contribution in [1.29, 1.82) is 5.26 Å². The van der Waals surface area contributed by atoms with E-state index >= 15 is 0 Å². The molecular formula is C20H15N5O. The van der Waals surface area contributed by atoms with Crippen LogP contribution in [0.1, 0.15) is 16.7 Å². The van der Waals surface area contributed by atoms with Gasteiger partial charge in [0.15, 0.2) is 5.65 Å². The molecule has 6 nitrogen and oxygen atoms in total. The van der Waals surface area contributed by atoms with E-state index in [1.54, 1.807) is 24.4 Å². The van der Waals surface area contributed by atoms with Gasteiger partial charge in [-0.25, -0.2) is 4.98 Å². The summed E-state index contributed by atoms with van der Waals surface area (Å²) in [4.78, 5) is 4.60. The maximum Gasteiger partial charge on any atom is 0.157 e. The van der Waals surface area contributed by atoms with Crippen LogP contribution in [0.5, 0.6) is 5.75 Å². The lowest BCUT2D eigenvalue weighted by Crippen LogP contribution is -2.01. The van der Waals surface area contributed by atoms with Crippen LogP contribution in [0.25, 0.3) is 16.7 Å². The van der Waals surface area contributed by atoms with Gasteiger partial charge < -0.3 is 5.11 Å². The zero-order valence-corrected chi connectivity index (χ0v) is 14.0. The Bertz CT molecular complexity index is 1200. The van der Waals surface area contributed by atoms with Gasteiger partial charge in [0.05, 0.1) is 22.8 Å². The molecule has 0 aliphatic rings. The van der Waals surface area contributed by atoms with Crippen LogP contribution in [0.2, 0.25) is 0 Å². The van der Waals surface area contributed by atoms with Crippen LogP contribution >= 0.6 is 0 Å². The van der Waals surface area contributed by atoms with Gasteiger partial charge in [0, 0.05) is 5.56 Å².